The van der Waals surface area contributed by atoms with E-state index in [1.807, 2.05) is 37.3 Å². The molecule has 2 aromatic rings. The average molecular weight is 273 g/mol. The number of fused-ring (bicyclic) bond motifs is 1. The monoisotopic (exact) mass is 273 g/mol. The lowest BCUT2D eigenvalue weighted by atomic mass is 10.0. The Hall–Kier alpha value is -1.81. The van der Waals surface area contributed by atoms with Gasteiger partial charge < -0.3 is 10.1 Å². The fraction of sp³-hybridized carbons (Fsp3) is 0.267. The number of nitrogens with one attached hydrogen (secondary N) is 1. The Kier molecular flexibility index (Phi) is 3.25. The molecule has 1 aliphatic rings. The first-order valence-electron chi connectivity index (χ1n) is 6.30. The van der Waals surface area contributed by atoms with Crippen molar-refractivity contribution in [1.82, 2.24) is 5.32 Å². The van der Waals surface area contributed by atoms with Crippen LogP contribution in [0.4, 0.5) is 0 Å². The molecular formula is C15H15NO2S. The maximum atomic E-state index is 12.0. The van der Waals surface area contributed by atoms with E-state index >= 15 is 0 Å². The topological polar surface area (TPSA) is 38.3 Å². The standard InChI is InChI=1S/C15H15NO2S/c1-10-6-7-14(19-10)15(17)16-8-11-9-18-13-5-3-2-4-12(11)13/h2-7,11H,8-9H2,1H3,(H,16,17)/t11-/m1/s1. The molecule has 0 unspecified atom stereocenters. The Bertz CT molecular complexity index is 606. The quantitative estimate of drug-likeness (QED) is 0.933. The van der Waals surface area contributed by atoms with Crippen LogP contribution in [-0.2, 0) is 0 Å². The van der Waals surface area contributed by atoms with Crippen molar-refractivity contribution in [3.8, 4) is 5.75 Å². The smallest absolute Gasteiger partial charge is 0.261 e. The van der Waals surface area contributed by atoms with Gasteiger partial charge in [0.2, 0.25) is 0 Å². The molecule has 1 aliphatic heterocycles. The summed E-state index contributed by atoms with van der Waals surface area (Å²) >= 11 is 1.52. The third kappa shape index (κ3) is 2.49. The second-order valence-electron chi connectivity index (χ2n) is 4.67. The number of amides is 1. The normalized spacial score (nSPS) is 16.8. The van der Waals surface area contributed by atoms with E-state index in [-0.39, 0.29) is 11.8 Å². The summed E-state index contributed by atoms with van der Waals surface area (Å²) in [5.41, 5.74) is 1.19. The van der Waals surface area contributed by atoms with Gasteiger partial charge in [-0.3, -0.25) is 4.79 Å². The molecule has 0 fully saturated rings. The predicted octanol–water partition coefficient (Wildman–Crippen LogP) is 2.96. The first-order chi connectivity index (χ1) is 9.24. The summed E-state index contributed by atoms with van der Waals surface area (Å²) in [6.07, 6.45) is 0. The molecule has 4 heteroatoms. The van der Waals surface area contributed by atoms with Crippen molar-refractivity contribution < 1.29 is 9.53 Å². The van der Waals surface area contributed by atoms with Gasteiger partial charge in [-0.25, -0.2) is 0 Å². The summed E-state index contributed by atoms with van der Waals surface area (Å²) in [5, 5.41) is 2.99. The van der Waals surface area contributed by atoms with Crippen LogP contribution >= 0.6 is 11.3 Å². The maximum Gasteiger partial charge on any atom is 0.261 e. The van der Waals surface area contributed by atoms with Crippen LogP contribution < -0.4 is 10.1 Å². The van der Waals surface area contributed by atoms with Crippen molar-refractivity contribution >= 4 is 17.2 Å². The minimum absolute atomic E-state index is 0.00230. The molecule has 1 atom stereocenters. The molecule has 0 saturated heterocycles. The summed E-state index contributed by atoms with van der Waals surface area (Å²) in [6, 6.07) is 11.8. The SMILES string of the molecule is Cc1ccc(C(=O)NC[C@@H]2COc3ccccc32)s1. The van der Waals surface area contributed by atoms with E-state index in [0.29, 0.717) is 13.2 Å². The molecule has 2 heterocycles. The largest absolute Gasteiger partial charge is 0.493 e. The van der Waals surface area contributed by atoms with Crippen LogP contribution in [0, 0.1) is 6.92 Å². The van der Waals surface area contributed by atoms with E-state index in [1.54, 1.807) is 0 Å². The summed E-state index contributed by atoms with van der Waals surface area (Å²) in [5.74, 6) is 1.19. The average Bonchev–Trinajstić information content (AvgIpc) is 3.02. The van der Waals surface area contributed by atoms with Crippen LogP contribution in [0.3, 0.4) is 0 Å². The van der Waals surface area contributed by atoms with Crippen LogP contribution in [0.1, 0.15) is 26.0 Å². The molecule has 0 radical (unpaired) electrons. The van der Waals surface area contributed by atoms with Gasteiger partial charge in [0.15, 0.2) is 0 Å². The van der Waals surface area contributed by atoms with Crippen LogP contribution in [0.15, 0.2) is 36.4 Å². The Labute approximate surface area is 116 Å². The summed E-state index contributed by atoms with van der Waals surface area (Å²) < 4.78 is 5.60. The fourth-order valence-electron chi connectivity index (χ4n) is 2.26. The number of carbonyl (C=O) groups is 1. The highest BCUT2D eigenvalue weighted by Gasteiger charge is 2.24. The molecule has 1 amide bonds. The lowest BCUT2D eigenvalue weighted by molar-refractivity contribution is 0.0954. The molecule has 1 aromatic heterocycles. The second-order valence-corrected chi connectivity index (χ2v) is 5.95. The van der Waals surface area contributed by atoms with Gasteiger partial charge in [0.25, 0.3) is 5.91 Å². The third-order valence-corrected chi connectivity index (χ3v) is 4.27. The van der Waals surface area contributed by atoms with E-state index < -0.39 is 0 Å². The highest BCUT2D eigenvalue weighted by Crippen LogP contribution is 2.32. The van der Waals surface area contributed by atoms with Crippen LogP contribution in [0.2, 0.25) is 0 Å². The number of benzene rings is 1. The van der Waals surface area contributed by atoms with Gasteiger partial charge in [-0.1, -0.05) is 18.2 Å². The van der Waals surface area contributed by atoms with Crippen molar-refractivity contribution in [2.75, 3.05) is 13.2 Å². The first kappa shape index (κ1) is 12.2. The first-order valence-corrected chi connectivity index (χ1v) is 7.12. The number of aryl methyl sites for hydroxylation is 1. The molecule has 0 spiro atoms. The molecule has 0 saturated carbocycles. The fourth-order valence-corrected chi connectivity index (χ4v) is 3.04. The number of carbonyl (C=O) groups excluding carboxylic acids is 1. The molecule has 3 nitrogen and oxygen atoms in total. The zero-order chi connectivity index (χ0) is 13.2. The highest BCUT2D eigenvalue weighted by molar-refractivity contribution is 7.13. The summed E-state index contributed by atoms with van der Waals surface area (Å²) in [4.78, 5) is 13.9. The molecule has 3 rings (SSSR count). The van der Waals surface area contributed by atoms with Crippen LogP contribution in [-0.4, -0.2) is 19.1 Å². The number of ether oxygens (including phenoxy) is 1. The minimum atomic E-state index is 0.00230. The molecular weight excluding hydrogens is 258 g/mol. The van der Waals surface area contributed by atoms with Crippen molar-refractivity contribution in [2.24, 2.45) is 0 Å². The van der Waals surface area contributed by atoms with Gasteiger partial charge >= 0.3 is 0 Å². The number of hydrogen-bond acceptors (Lipinski definition) is 3. The number of thiophene rings is 1. The van der Waals surface area contributed by atoms with Gasteiger partial charge in [-0.2, -0.15) is 0 Å². The van der Waals surface area contributed by atoms with Gasteiger partial charge in [-0.15, -0.1) is 11.3 Å². The molecule has 98 valence electrons. The van der Waals surface area contributed by atoms with E-state index in [0.717, 1.165) is 15.5 Å². The van der Waals surface area contributed by atoms with Gasteiger partial charge in [-0.05, 0) is 25.1 Å². The lowest BCUT2D eigenvalue weighted by Gasteiger charge is -2.09. The molecule has 0 bridgehead atoms. The van der Waals surface area contributed by atoms with Crippen LogP contribution in [0.25, 0.3) is 0 Å². The van der Waals surface area contributed by atoms with Crippen LogP contribution in [0.5, 0.6) is 5.75 Å². The minimum Gasteiger partial charge on any atom is -0.493 e. The predicted molar refractivity (Wildman–Crippen MR) is 76.1 cm³/mol. The van der Waals surface area contributed by atoms with E-state index in [2.05, 4.69) is 11.4 Å². The Balaban J connectivity index is 1.63. The Morgan fingerprint density at radius 2 is 2.21 bits per heavy atom. The third-order valence-electron chi connectivity index (χ3n) is 3.27. The van der Waals surface area contributed by atoms with E-state index in [4.69, 9.17) is 4.74 Å². The number of hydrogen-bond donors (Lipinski definition) is 1. The van der Waals surface area contributed by atoms with E-state index in [1.165, 1.54) is 16.9 Å². The van der Waals surface area contributed by atoms with Crippen molar-refractivity contribution in [3.63, 3.8) is 0 Å². The summed E-state index contributed by atoms with van der Waals surface area (Å²) in [6.45, 7) is 3.26. The zero-order valence-corrected chi connectivity index (χ0v) is 11.5. The Morgan fingerprint density at radius 1 is 1.37 bits per heavy atom. The Morgan fingerprint density at radius 3 is 3.00 bits per heavy atom. The van der Waals surface area contributed by atoms with Gasteiger partial charge in [0.05, 0.1) is 11.5 Å². The molecule has 19 heavy (non-hydrogen) atoms. The van der Waals surface area contributed by atoms with Gasteiger partial charge in [0, 0.05) is 22.9 Å². The molecule has 1 N–H and O–H groups in total. The molecule has 0 aliphatic carbocycles. The summed E-state index contributed by atoms with van der Waals surface area (Å²) in [7, 11) is 0. The second kappa shape index (κ2) is 5.05. The van der Waals surface area contributed by atoms with Crippen molar-refractivity contribution in [1.29, 1.82) is 0 Å². The number of para-hydroxylation sites is 1. The zero-order valence-electron chi connectivity index (χ0n) is 10.7. The van der Waals surface area contributed by atoms with Crippen molar-refractivity contribution in [3.05, 3.63) is 51.7 Å². The maximum absolute atomic E-state index is 12.0. The van der Waals surface area contributed by atoms with Gasteiger partial charge in [0.1, 0.15) is 5.75 Å². The van der Waals surface area contributed by atoms with E-state index in [9.17, 15) is 4.79 Å². The lowest BCUT2D eigenvalue weighted by Crippen LogP contribution is -2.28. The van der Waals surface area contributed by atoms with Crippen molar-refractivity contribution in [2.45, 2.75) is 12.8 Å². The number of rotatable bonds is 3. The molecule has 1 aromatic carbocycles. The highest BCUT2D eigenvalue weighted by atomic mass is 32.1.